The molecule has 0 atom stereocenters. The lowest BCUT2D eigenvalue weighted by atomic mass is 10.0. The molecule has 0 unspecified atom stereocenters. The molecule has 174 valence electrons. The van der Waals surface area contributed by atoms with Crippen molar-refractivity contribution in [3.05, 3.63) is 88.2 Å². The van der Waals surface area contributed by atoms with E-state index in [1.165, 1.54) is 16.4 Å². The number of aryl methyl sites for hydroxylation is 3. The first-order chi connectivity index (χ1) is 15.5. The number of sulfonamides is 2. The molecule has 0 fully saturated rings. The summed E-state index contributed by atoms with van der Waals surface area (Å²) in [5, 5.41) is 0. The van der Waals surface area contributed by atoms with Gasteiger partial charge in [-0.2, -0.15) is 4.31 Å². The molecule has 0 amide bonds. The largest absolute Gasteiger partial charge is 0.280 e. The number of nitrogens with zero attached hydrogens (tertiary/aromatic N) is 1. The number of hydrogen-bond acceptors (Lipinski definition) is 4. The predicted molar refractivity (Wildman–Crippen MR) is 126 cm³/mol. The molecular weight excluding hydrogens is 463 g/mol. The van der Waals surface area contributed by atoms with E-state index in [2.05, 4.69) is 4.72 Å². The number of anilines is 1. The van der Waals surface area contributed by atoms with Crippen molar-refractivity contribution in [2.75, 3.05) is 11.3 Å². The first kappa shape index (κ1) is 23.4. The van der Waals surface area contributed by atoms with Gasteiger partial charge in [-0.15, -0.1) is 0 Å². The Balaban J connectivity index is 1.61. The second-order valence-corrected chi connectivity index (χ2v) is 11.9. The number of benzene rings is 3. The number of hydrogen-bond donors (Lipinski definition) is 1. The van der Waals surface area contributed by atoms with E-state index in [0.717, 1.165) is 28.8 Å². The molecule has 0 radical (unpaired) electrons. The van der Waals surface area contributed by atoms with Crippen LogP contribution in [0.25, 0.3) is 0 Å². The Bertz CT molecular complexity index is 1410. The molecule has 1 aliphatic rings. The molecule has 1 N–H and O–H groups in total. The Morgan fingerprint density at radius 1 is 0.848 bits per heavy atom. The molecule has 1 heterocycles. The van der Waals surface area contributed by atoms with E-state index in [0.29, 0.717) is 29.8 Å². The Morgan fingerprint density at radius 3 is 2.12 bits per heavy atom. The maximum absolute atomic E-state index is 13.2. The maximum Gasteiger partial charge on any atom is 0.262 e. The Morgan fingerprint density at radius 2 is 1.48 bits per heavy atom. The van der Waals surface area contributed by atoms with Crippen LogP contribution in [0.5, 0.6) is 0 Å². The van der Waals surface area contributed by atoms with E-state index < -0.39 is 25.9 Å². The summed E-state index contributed by atoms with van der Waals surface area (Å²) in [7, 11) is -7.62. The van der Waals surface area contributed by atoms with E-state index in [1.54, 1.807) is 26.0 Å². The summed E-state index contributed by atoms with van der Waals surface area (Å²) >= 11 is 0. The van der Waals surface area contributed by atoms with Crippen LogP contribution in [0.1, 0.15) is 27.8 Å². The lowest BCUT2D eigenvalue weighted by Gasteiger charge is -2.28. The van der Waals surface area contributed by atoms with E-state index >= 15 is 0 Å². The van der Waals surface area contributed by atoms with Gasteiger partial charge in [0, 0.05) is 18.8 Å². The lowest BCUT2D eigenvalue weighted by Crippen LogP contribution is -2.36. The zero-order valence-corrected chi connectivity index (χ0v) is 20.2. The molecule has 3 aromatic rings. The molecule has 3 aromatic carbocycles. The highest BCUT2D eigenvalue weighted by Gasteiger charge is 2.29. The predicted octanol–water partition coefficient (Wildman–Crippen LogP) is 4.30. The van der Waals surface area contributed by atoms with Gasteiger partial charge in [0.1, 0.15) is 5.82 Å². The van der Waals surface area contributed by atoms with Crippen LogP contribution in [0.15, 0.2) is 64.4 Å². The molecular formula is C24H25FN2O4S2. The van der Waals surface area contributed by atoms with Crippen molar-refractivity contribution in [3.63, 3.8) is 0 Å². The molecule has 0 spiro atoms. The molecule has 0 aliphatic carbocycles. The molecule has 0 aromatic heterocycles. The highest BCUT2D eigenvalue weighted by Crippen LogP contribution is 2.29. The summed E-state index contributed by atoms with van der Waals surface area (Å²) in [6.07, 6.45) is 0.499. The van der Waals surface area contributed by atoms with Gasteiger partial charge in [0.05, 0.1) is 9.79 Å². The minimum Gasteiger partial charge on any atom is -0.280 e. The van der Waals surface area contributed by atoms with Gasteiger partial charge < -0.3 is 0 Å². The third-order valence-electron chi connectivity index (χ3n) is 5.76. The third kappa shape index (κ3) is 4.66. The molecule has 0 bridgehead atoms. The Labute approximate surface area is 194 Å². The van der Waals surface area contributed by atoms with Crippen molar-refractivity contribution < 1.29 is 21.2 Å². The van der Waals surface area contributed by atoms with E-state index in [1.807, 2.05) is 25.1 Å². The molecule has 0 saturated carbocycles. The standard InChI is InChI=1S/C24H25FN2O4S2/c1-16-12-17(2)24(18(3)13-16)32(28,29)26-22-7-4-19-10-11-27(15-20(19)14-22)33(30,31)23-8-5-21(25)6-9-23/h4-9,12-14,26H,10-11,15H2,1-3H3. The van der Waals surface area contributed by atoms with Gasteiger partial charge in [-0.25, -0.2) is 21.2 Å². The fourth-order valence-corrected chi connectivity index (χ4v) is 7.28. The minimum absolute atomic E-state index is 0.0227. The Kier molecular flexibility index (Phi) is 6.07. The SMILES string of the molecule is Cc1cc(C)c(S(=O)(=O)Nc2ccc3c(c2)CN(S(=O)(=O)c2ccc(F)cc2)CC3)c(C)c1. The van der Waals surface area contributed by atoms with Crippen LogP contribution in [0.2, 0.25) is 0 Å². The van der Waals surface area contributed by atoms with Crippen LogP contribution in [-0.4, -0.2) is 27.7 Å². The van der Waals surface area contributed by atoms with Crippen LogP contribution in [-0.2, 0) is 33.0 Å². The van der Waals surface area contributed by atoms with Crippen LogP contribution < -0.4 is 4.72 Å². The molecule has 0 saturated heterocycles. The third-order valence-corrected chi connectivity index (χ3v) is 9.31. The minimum atomic E-state index is -3.82. The van der Waals surface area contributed by atoms with Gasteiger partial charge in [0.15, 0.2) is 0 Å². The van der Waals surface area contributed by atoms with Gasteiger partial charge in [-0.1, -0.05) is 23.8 Å². The first-order valence-electron chi connectivity index (χ1n) is 10.5. The van der Waals surface area contributed by atoms with Crippen LogP contribution in [0.3, 0.4) is 0 Å². The quantitative estimate of drug-likeness (QED) is 0.581. The zero-order chi connectivity index (χ0) is 24.0. The van der Waals surface area contributed by atoms with Crippen molar-refractivity contribution >= 4 is 25.7 Å². The van der Waals surface area contributed by atoms with Crippen LogP contribution >= 0.6 is 0 Å². The van der Waals surface area contributed by atoms with Crippen LogP contribution in [0.4, 0.5) is 10.1 Å². The van der Waals surface area contributed by atoms with E-state index in [4.69, 9.17) is 0 Å². The fourth-order valence-electron chi connectivity index (χ4n) is 4.35. The summed E-state index contributed by atoms with van der Waals surface area (Å²) in [6, 6.07) is 13.6. The number of nitrogens with one attached hydrogen (secondary N) is 1. The first-order valence-corrected chi connectivity index (χ1v) is 13.4. The van der Waals surface area contributed by atoms with Gasteiger partial charge >= 0.3 is 0 Å². The zero-order valence-electron chi connectivity index (χ0n) is 18.6. The summed E-state index contributed by atoms with van der Waals surface area (Å²) in [5.41, 5.74) is 4.37. The number of halogens is 1. The summed E-state index contributed by atoms with van der Waals surface area (Å²) in [5.74, 6) is -0.506. The average Bonchev–Trinajstić information content (AvgIpc) is 2.72. The van der Waals surface area contributed by atoms with E-state index in [-0.39, 0.29) is 16.3 Å². The molecule has 33 heavy (non-hydrogen) atoms. The highest BCUT2D eigenvalue weighted by molar-refractivity contribution is 7.92. The molecule has 6 nitrogen and oxygen atoms in total. The van der Waals surface area contributed by atoms with Gasteiger partial charge in [0.25, 0.3) is 10.0 Å². The summed E-state index contributed by atoms with van der Waals surface area (Å²) in [6.45, 7) is 5.84. The second-order valence-electron chi connectivity index (χ2n) is 8.36. The van der Waals surface area contributed by atoms with Crippen molar-refractivity contribution in [2.45, 2.75) is 43.5 Å². The van der Waals surface area contributed by atoms with Crippen molar-refractivity contribution in [2.24, 2.45) is 0 Å². The molecule has 9 heteroatoms. The monoisotopic (exact) mass is 488 g/mol. The lowest BCUT2D eigenvalue weighted by molar-refractivity contribution is 0.391. The smallest absolute Gasteiger partial charge is 0.262 e. The van der Waals surface area contributed by atoms with Crippen molar-refractivity contribution in [1.29, 1.82) is 0 Å². The average molecular weight is 489 g/mol. The number of fused-ring (bicyclic) bond motifs is 1. The van der Waals surface area contributed by atoms with Gasteiger partial charge in [-0.05, 0) is 85.8 Å². The van der Waals surface area contributed by atoms with Crippen molar-refractivity contribution in [3.8, 4) is 0 Å². The molecule has 1 aliphatic heterocycles. The van der Waals surface area contributed by atoms with Crippen molar-refractivity contribution in [1.82, 2.24) is 4.31 Å². The second kappa shape index (κ2) is 8.55. The number of rotatable bonds is 5. The summed E-state index contributed by atoms with van der Waals surface area (Å²) in [4.78, 5) is 0.265. The van der Waals surface area contributed by atoms with E-state index in [9.17, 15) is 21.2 Å². The topological polar surface area (TPSA) is 83.6 Å². The maximum atomic E-state index is 13.2. The molecule has 4 rings (SSSR count). The van der Waals surface area contributed by atoms with Gasteiger partial charge in [0.2, 0.25) is 10.0 Å². The highest BCUT2D eigenvalue weighted by atomic mass is 32.2. The summed E-state index contributed by atoms with van der Waals surface area (Å²) < 4.78 is 69.4. The van der Waals surface area contributed by atoms with Gasteiger partial charge in [-0.3, -0.25) is 4.72 Å². The normalized spacial score (nSPS) is 14.7. The fraction of sp³-hybridized carbons (Fsp3) is 0.250. The van der Waals surface area contributed by atoms with Crippen LogP contribution in [0, 0.1) is 26.6 Å². The Hall–Kier alpha value is -2.75.